The molecule has 1 aromatic carbocycles. The van der Waals surface area contributed by atoms with E-state index in [1.54, 1.807) is 4.90 Å². The molecule has 36 heavy (non-hydrogen) atoms. The van der Waals surface area contributed by atoms with Gasteiger partial charge < -0.3 is 24.8 Å². The van der Waals surface area contributed by atoms with Gasteiger partial charge in [-0.05, 0) is 63.8 Å². The monoisotopic (exact) mass is 503 g/mol. The molecule has 1 saturated heterocycles. The maximum atomic E-state index is 14.3. The molecule has 0 saturated carbocycles. The molecule has 10 heteroatoms. The van der Waals surface area contributed by atoms with Gasteiger partial charge in [0.15, 0.2) is 0 Å². The first-order valence-corrected chi connectivity index (χ1v) is 12.5. The number of amides is 1. The van der Waals surface area contributed by atoms with Crippen LogP contribution in [0.25, 0.3) is 0 Å². The van der Waals surface area contributed by atoms with Crippen molar-refractivity contribution in [2.45, 2.75) is 52.7 Å². The number of anilines is 2. The highest BCUT2D eigenvalue weighted by atomic mass is 19.1. The average Bonchev–Trinajstić information content (AvgIpc) is 2.83. The summed E-state index contributed by atoms with van der Waals surface area (Å²) in [7, 11) is 0. The van der Waals surface area contributed by atoms with Crippen LogP contribution in [0.3, 0.4) is 0 Å². The predicted molar refractivity (Wildman–Crippen MR) is 136 cm³/mol. The summed E-state index contributed by atoms with van der Waals surface area (Å²) in [4.78, 5) is 24.3. The molecule has 1 aromatic heterocycles. The molecule has 2 aromatic rings. The van der Waals surface area contributed by atoms with Crippen LogP contribution in [0.1, 0.15) is 46.1 Å². The van der Waals surface area contributed by atoms with E-state index in [1.165, 1.54) is 0 Å². The normalized spacial score (nSPS) is 14.7. The van der Waals surface area contributed by atoms with E-state index in [0.29, 0.717) is 32.8 Å². The van der Waals surface area contributed by atoms with Crippen molar-refractivity contribution in [3.63, 3.8) is 0 Å². The number of nitrogens with one attached hydrogen (secondary N) is 1. The molecule has 198 valence electrons. The maximum Gasteiger partial charge on any atom is 0.410 e. The number of likely N-dealkylation sites (N-methyl/N-ethyl adjacent to an activating group) is 1. The van der Waals surface area contributed by atoms with Crippen molar-refractivity contribution < 1.29 is 23.8 Å². The van der Waals surface area contributed by atoms with E-state index in [4.69, 9.17) is 9.47 Å². The highest BCUT2D eigenvalue weighted by molar-refractivity contribution is 5.68. The van der Waals surface area contributed by atoms with Gasteiger partial charge in [-0.1, -0.05) is 19.1 Å². The lowest BCUT2D eigenvalue weighted by Crippen LogP contribution is -2.42. The van der Waals surface area contributed by atoms with Gasteiger partial charge in [0.05, 0.1) is 19.4 Å². The molecule has 1 fully saturated rings. The number of piperidine rings is 1. The Kier molecular flexibility index (Phi) is 9.83. The molecule has 0 unspecified atom stereocenters. The second-order valence-corrected chi connectivity index (χ2v) is 9.99. The summed E-state index contributed by atoms with van der Waals surface area (Å²) in [5, 5.41) is 12.3. The topological polar surface area (TPSA) is 100 Å². The summed E-state index contributed by atoms with van der Waals surface area (Å²) in [5.74, 6) is -0.293. The Balaban J connectivity index is 1.54. The Hall–Kier alpha value is -2.98. The summed E-state index contributed by atoms with van der Waals surface area (Å²) < 4.78 is 25.5. The molecule has 0 radical (unpaired) electrons. The molecule has 0 atom stereocenters. The highest BCUT2D eigenvalue weighted by Gasteiger charge is 2.27. The lowest BCUT2D eigenvalue weighted by Gasteiger charge is -2.33. The number of hydrogen-bond donors (Lipinski definition) is 2. The second-order valence-electron chi connectivity index (χ2n) is 9.99. The van der Waals surface area contributed by atoms with Crippen LogP contribution in [0.5, 0.6) is 5.88 Å². The molecule has 1 aliphatic rings. The lowest BCUT2D eigenvalue weighted by molar-refractivity contribution is 0.0163. The molecular weight excluding hydrogens is 465 g/mol. The third-order valence-electron chi connectivity index (χ3n) is 5.89. The van der Waals surface area contributed by atoms with Crippen molar-refractivity contribution >= 4 is 17.7 Å². The molecule has 0 aliphatic carbocycles. The number of carbonyl (C=O) groups is 1. The Bertz CT molecular complexity index is 993. The van der Waals surface area contributed by atoms with Gasteiger partial charge in [-0.15, -0.1) is 0 Å². The largest absolute Gasteiger partial charge is 0.475 e. The third-order valence-corrected chi connectivity index (χ3v) is 5.89. The minimum absolute atomic E-state index is 0.0988. The van der Waals surface area contributed by atoms with E-state index in [0.717, 1.165) is 36.8 Å². The summed E-state index contributed by atoms with van der Waals surface area (Å²) in [5.41, 5.74) is 1.33. The molecule has 2 heterocycles. The maximum absolute atomic E-state index is 14.3. The van der Waals surface area contributed by atoms with E-state index >= 15 is 0 Å². The summed E-state index contributed by atoms with van der Waals surface area (Å²) in [6, 6.07) is 7.80. The first kappa shape index (κ1) is 27.6. The van der Waals surface area contributed by atoms with Crippen LogP contribution in [-0.2, 0) is 11.3 Å². The molecule has 1 amide bonds. The molecular formula is C26H38FN5O4. The Morgan fingerprint density at radius 1 is 1.31 bits per heavy atom. The lowest BCUT2D eigenvalue weighted by atomic mass is 9.98. The van der Waals surface area contributed by atoms with Gasteiger partial charge in [0, 0.05) is 31.9 Å². The summed E-state index contributed by atoms with van der Waals surface area (Å²) >= 11 is 0. The zero-order chi connectivity index (χ0) is 26.1. The molecule has 1 aliphatic heterocycles. The summed E-state index contributed by atoms with van der Waals surface area (Å²) in [6.45, 7) is 11.3. The van der Waals surface area contributed by atoms with Crippen molar-refractivity contribution in [1.82, 2.24) is 19.8 Å². The second kappa shape index (κ2) is 12.8. The minimum atomic E-state index is -0.622. The van der Waals surface area contributed by atoms with Crippen LogP contribution in [-0.4, -0.2) is 76.0 Å². The number of likely N-dealkylation sites (tertiary alicyclic amines) is 1. The Morgan fingerprint density at radius 3 is 2.72 bits per heavy atom. The fourth-order valence-corrected chi connectivity index (χ4v) is 3.94. The van der Waals surface area contributed by atoms with Gasteiger partial charge >= 0.3 is 6.09 Å². The fourth-order valence-electron chi connectivity index (χ4n) is 3.94. The smallest absolute Gasteiger partial charge is 0.410 e. The van der Waals surface area contributed by atoms with Gasteiger partial charge in [-0.2, -0.15) is 9.37 Å². The van der Waals surface area contributed by atoms with Crippen LogP contribution in [0.4, 0.5) is 20.8 Å². The number of halogens is 1. The van der Waals surface area contributed by atoms with Crippen LogP contribution in [0.15, 0.2) is 30.5 Å². The van der Waals surface area contributed by atoms with Gasteiger partial charge in [-0.3, -0.25) is 4.90 Å². The number of aliphatic hydroxyl groups is 1. The third kappa shape index (κ3) is 8.60. The van der Waals surface area contributed by atoms with E-state index in [9.17, 15) is 14.3 Å². The zero-order valence-corrected chi connectivity index (χ0v) is 21.7. The van der Waals surface area contributed by atoms with Crippen molar-refractivity contribution in [2.24, 2.45) is 5.92 Å². The molecule has 0 bridgehead atoms. The SMILES string of the molecule is CCN(CCO)Cc1cccc(Nc2ncc(F)c(OCC3CCN(C(=O)OC(C)(C)C)CC3)n2)c1. The van der Waals surface area contributed by atoms with Gasteiger partial charge in [0.25, 0.3) is 5.88 Å². The molecule has 3 rings (SSSR count). The quantitative estimate of drug-likeness (QED) is 0.498. The Morgan fingerprint density at radius 2 is 2.06 bits per heavy atom. The molecule has 2 N–H and O–H groups in total. The predicted octanol–water partition coefficient (Wildman–Crippen LogP) is 4.20. The van der Waals surface area contributed by atoms with Crippen molar-refractivity contribution in [1.29, 1.82) is 0 Å². The molecule has 9 nitrogen and oxygen atoms in total. The van der Waals surface area contributed by atoms with Crippen LogP contribution in [0, 0.1) is 11.7 Å². The number of aliphatic hydroxyl groups excluding tert-OH is 1. The van der Waals surface area contributed by atoms with Gasteiger partial charge in [0.1, 0.15) is 5.60 Å². The highest BCUT2D eigenvalue weighted by Crippen LogP contribution is 2.23. The molecule has 0 spiro atoms. The van der Waals surface area contributed by atoms with E-state index in [-0.39, 0.29) is 30.4 Å². The zero-order valence-electron chi connectivity index (χ0n) is 21.7. The number of nitrogens with zero attached hydrogens (tertiary/aromatic N) is 4. The number of hydrogen-bond acceptors (Lipinski definition) is 8. The van der Waals surface area contributed by atoms with Gasteiger partial charge in [-0.25, -0.2) is 9.78 Å². The first-order valence-electron chi connectivity index (χ1n) is 12.5. The standard InChI is InChI=1S/C26H38FN5O4/c1-5-31(13-14-33)17-20-7-6-8-21(15-20)29-24-28-16-22(27)23(30-24)35-18-19-9-11-32(12-10-19)25(34)36-26(2,3)4/h6-8,15-16,19,33H,5,9-14,17-18H2,1-4H3,(H,28,29,30). The van der Waals surface area contributed by atoms with Crippen LogP contribution >= 0.6 is 0 Å². The fraction of sp³-hybridized carbons (Fsp3) is 0.577. The number of ether oxygens (including phenoxy) is 2. The summed E-state index contributed by atoms with van der Waals surface area (Å²) in [6.07, 6.45) is 2.28. The average molecular weight is 504 g/mol. The number of rotatable bonds is 10. The first-order chi connectivity index (χ1) is 17.2. The van der Waals surface area contributed by atoms with Gasteiger partial charge in [0.2, 0.25) is 11.8 Å². The van der Waals surface area contributed by atoms with Crippen molar-refractivity contribution in [2.75, 3.05) is 44.7 Å². The van der Waals surface area contributed by atoms with Crippen molar-refractivity contribution in [3.05, 3.63) is 41.8 Å². The van der Waals surface area contributed by atoms with Crippen molar-refractivity contribution in [3.8, 4) is 5.88 Å². The van der Waals surface area contributed by atoms with E-state index < -0.39 is 11.4 Å². The van der Waals surface area contributed by atoms with E-state index in [1.807, 2.05) is 45.0 Å². The minimum Gasteiger partial charge on any atom is -0.475 e. The number of carbonyl (C=O) groups excluding carboxylic acids is 1. The number of benzene rings is 1. The Labute approximate surface area is 212 Å². The van der Waals surface area contributed by atoms with E-state index in [2.05, 4.69) is 27.1 Å². The van der Waals surface area contributed by atoms with Crippen LogP contribution in [0.2, 0.25) is 0 Å². The number of aromatic nitrogens is 2. The van der Waals surface area contributed by atoms with Crippen LogP contribution < -0.4 is 10.1 Å².